The Morgan fingerprint density at radius 3 is 2.55 bits per heavy atom. The molecule has 0 saturated heterocycles. The van der Waals surface area contributed by atoms with Crippen molar-refractivity contribution in [2.24, 2.45) is 5.73 Å². The summed E-state index contributed by atoms with van der Waals surface area (Å²) in [5.74, 6) is -1.07. The highest BCUT2D eigenvalue weighted by molar-refractivity contribution is 8.00. The SMILES string of the molecule is CC(=O)NC(Sc1ncn[nH]1)(C(N)=O)c1ccccc1. The van der Waals surface area contributed by atoms with Gasteiger partial charge in [0.05, 0.1) is 0 Å². The predicted octanol–water partition coefficient (Wildman–Crippen LogP) is 0.371. The molecule has 0 fully saturated rings. The Morgan fingerprint density at radius 2 is 2.05 bits per heavy atom. The first-order valence-electron chi connectivity index (χ1n) is 5.73. The fourth-order valence-electron chi connectivity index (χ4n) is 1.72. The van der Waals surface area contributed by atoms with Crippen LogP contribution in [0.4, 0.5) is 0 Å². The van der Waals surface area contributed by atoms with Gasteiger partial charge in [0.1, 0.15) is 6.33 Å². The molecule has 0 spiro atoms. The van der Waals surface area contributed by atoms with Gasteiger partial charge in [-0.15, -0.1) is 0 Å². The Labute approximate surface area is 119 Å². The summed E-state index contributed by atoms with van der Waals surface area (Å²) in [6.45, 7) is 1.32. The molecule has 2 rings (SSSR count). The number of amides is 2. The average Bonchev–Trinajstić information content (AvgIpc) is 2.91. The molecule has 0 saturated carbocycles. The number of nitrogens with one attached hydrogen (secondary N) is 2. The van der Waals surface area contributed by atoms with Crippen LogP contribution < -0.4 is 11.1 Å². The van der Waals surface area contributed by atoms with Crippen molar-refractivity contribution in [3.63, 3.8) is 0 Å². The molecule has 2 amide bonds. The summed E-state index contributed by atoms with van der Waals surface area (Å²) in [5, 5.41) is 9.34. The lowest BCUT2D eigenvalue weighted by Gasteiger charge is -2.29. The number of benzene rings is 1. The Hall–Kier alpha value is -2.35. The zero-order chi connectivity index (χ0) is 14.6. The number of rotatable bonds is 5. The number of H-pyrrole nitrogens is 1. The highest BCUT2D eigenvalue weighted by Gasteiger charge is 2.41. The summed E-state index contributed by atoms with van der Waals surface area (Å²) >= 11 is 0.997. The average molecular weight is 291 g/mol. The number of hydrogen-bond donors (Lipinski definition) is 3. The van der Waals surface area contributed by atoms with E-state index in [0.717, 1.165) is 11.8 Å². The monoisotopic (exact) mass is 291 g/mol. The van der Waals surface area contributed by atoms with Crippen LogP contribution in [-0.2, 0) is 14.5 Å². The quantitative estimate of drug-likeness (QED) is 0.544. The molecule has 20 heavy (non-hydrogen) atoms. The Balaban J connectivity index is 2.50. The number of hydrogen-bond acceptors (Lipinski definition) is 5. The van der Waals surface area contributed by atoms with Gasteiger partial charge in [-0.05, 0) is 17.3 Å². The molecule has 1 atom stereocenters. The van der Waals surface area contributed by atoms with E-state index in [9.17, 15) is 9.59 Å². The van der Waals surface area contributed by atoms with Crippen molar-refractivity contribution in [3.8, 4) is 0 Å². The minimum atomic E-state index is -1.44. The molecule has 0 aliphatic carbocycles. The predicted molar refractivity (Wildman–Crippen MR) is 73.4 cm³/mol. The van der Waals surface area contributed by atoms with Gasteiger partial charge in [0.2, 0.25) is 5.91 Å². The fourth-order valence-corrected chi connectivity index (χ4v) is 2.76. The van der Waals surface area contributed by atoms with Crippen LogP contribution in [0.5, 0.6) is 0 Å². The van der Waals surface area contributed by atoms with Crippen molar-refractivity contribution < 1.29 is 9.59 Å². The van der Waals surface area contributed by atoms with Gasteiger partial charge in [0.15, 0.2) is 10.0 Å². The molecule has 0 radical (unpaired) electrons. The third-order valence-corrected chi connectivity index (χ3v) is 3.76. The number of aromatic nitrogens is 3. The van der Waals surface area contributed by atoms with Gasteiger partial charge in [0.25, 0.3) is 5.91 Å². The molecule has 1 heterocycles. The Morgan fingerprint density at radius 1 is 1.35 bits per heavy atom. The molecule has 104 valence electrons. The number of aromatic amines is 1. The number of nitrogens with two attached hydrogens (primary N) is 1. The van der Waals surface area contributed by atoms with Gasteiger partial charge >= 0.3 is 0 Å². The molecule has 0 bridgehead atoms. The minimum Gasteiger partial charge on any atom is -0.367 e. The van der Waals surface area contributed by atoms with Crippen LogP contribution in [0.2, 0.25) is 0 Å². The van der Waals surface area contributed by atoms with Crippen molar-refractivity contribution in [1.29, 1.82) is 0 Å². The van der Waals surface area contributed by atoms with Crippen LogP contribution in [0.1, 0.15) is 12.5 Å². The number of carbonyl (C=O) groups is 2. The van der Waals surface area contributed by atoms with Crippen LogP contribution in [0.3, 0.4) is 0 Å². The van der Waals surface area contributed by atoms with E-state index >= 15 is 0 Å². The van der Waals surface area contributed by atoms with Gasteiger partial charge in [-0.3, -0.25) is 14.7 Å². The fraction of sp³-hybridized carbons (Fsp3) is 0.167. The number of thioether (sulfide) groups is 1. The molecule has 0 aliphatic rings. The maximum atomic E-state index is 12.0. The maximum Gasteiger partial charge on any atom is 0.259 e. The number of primary amides is 1. The van der Waals surface area contributed by atoms with Gasteiger partial charge in [-0.25, -0.2) is 4.98 Å². The molecular formula is C12H13N5O2S. The zero-order valence-electron chi connectivity index (χ0n) is 10.7. The molecule has 7 nitrogen and oxygen atoms in total. The summed E-state index contributed by atoms with van der Waals surface area (Å²) in [5.41, 5.74) is 6.09. The molecule has 0 aliphatic heterocycles. The van der Waals surface area contributed by atoms with E-state index < -0.39 is 10.8 Å². The van der Waals surface area contributed by atoms with Crippen LogP contribution in [0.15, 0.2) is 41.8 Å². The van der Waals surface area contributed by atoms with Gasteiger partial charge in [0, 0.05) is 6.92 Å². The van der Waals surface area contributed by atoms with E-state index in [4.69, 9.17) is 5.73 Å². The molecule has 8 heteroatoms. The van der Waals surface area contributed by atoms with Crippen LogP contribution >= 0.6 is 11.8 Å². The van der Waals surface area contributed by atoms with Crippen molar-refractivity contribution in [1.82, 2.24) is 20.5 Å². The van der Waals surface area contributed by atoms with Crippen molar-refractivity contribution >= 4 is 23.6 Å². The van der Waals surface area contributed by atoms with Crippen molar-refractivity contribution in [2.45, 2.75) is 17.0 Å². The Kier molecular flexibility index (Phi) is 4.04. The smallest absolute Gasteiger partial charge is 0.259 e. The first-order chi connectivity index (χ1) is 9.54. The lowest BCUT2D eigenvalue weighted by molar-refractivity contribution is -0.127. The summed E-state index contributed by atoms with van der Waals surface area (Å²) in [7, 11) is 0. The zero-order valence-corrected chi connectivity index (χ0v) is 11.5. The van der Waals surface area contributed by atoms with Gasteiger partial charge in [-0.2, -0.15) is 5.10 Å². The second kappa shape index (κ2) is 5.74. The summed E-state index contributed by atoms with van der Waals surface area (Å²) in [6, 6.07) is 8.75. The molecular weight excluding hydrogens is 278 g/mol. The van der Waals surface area contributed by atoms with E-state index in [1.807, 2.05) is 6.07 Å². The third kappa shape index (κ3) is 2.80. The highest BCUT2D eigenvalue weighted by Crippen LogP contribution is 2.37. The molecule has 1 unspecified atom stereocenters. The van der Waals surface area contributed by atoms with E-state index in [1.54, 1.807) is 24.3 Å². The highest BCUT2D eigenvalue weighted by atomic mass is 32.2. The van der Waals surface area contributed by atoms with E-state index in [0.29, 0.717) is 10.7 Å². The minimum absolute atomic E-state index is 0.375. The number of nitrogens with zero attached hydrogens (tertiary/aromatic N) is 2. The first-order valence-corrected chi connectivity index (χ1v) is 6.55. The summed E-state index contributed by atoms with van der Waals surface area (Å²) in [6.07, 6.45) is 1.31. The van der Waals surface area contributed by atoms with Crippen LogP contribution in [-0.4, -0.2) is 27.0 Å². The first kappa shape index (κ1) is 14.1. The van der Waals surface area contributed by atoms with Crippen LogP contribution in [0.25, 0.3) is 0 Å². The van der Waals surface area contributed by atoms with Crippen LogP contribution in [0, 0.1) is 0 Å². The standard InChI is InChI=1S/C12H13N5O2S/c1-8(18)16-12(10(13)19,9-5-3-2-4-6-9)20-11-14-7-15-17-11/h2-7H,1H3,(H2,13,19)(H,16,18)(H,14,15,17). The Bertz CT molecular complexity index is 602. The topological polar surface area (TPSA) is 114 Å². The largest absolute Gasteiger partial charge is 0.367 e. The second-order valence-corrected chi connectivity index (χ2v) is 5.19. The lowest BCUT2D eigenvalue weighted by atomic mass is 10.1. The third-order valence-electron chi connectivity index (χ3n) is 2.52. The second-order valence-electron chi connectivity index (χ2n) is 3.99. The normalized spacial score (nSPS) is 13.4. The van der Waals surface area contributed by atoms with E-state index in [1.165, 1.54) is 13.3 Å². The van der Waals surface area contributed by atoms with E-state index in [2.05, 4.69) is 20.5 Å². The molecule has 1 aromatic carbocycles. The van der Waals surface area contributed by atoms with Gasteiger partial charge < -0.3 is 11.1 Å². The van der Waals surface area contributed by atoms with Crippen molar-refractivity contribution in [2.75, 3.05) is 0 Å². The molecule has 1 aromatic heterocycles. The molecule has 2 aromatic rings. The summed E-state index contributed by atoms with van der Waals surface area (Å²) in [4.78, 5) is 26.0. The summed E-state index contributed by atoms with van der Waals surface area (Å²) < 4.78 is 0. The maximum absolute atomic E-state index is 12.0. The number of carbonyl (C=O) groups excluding carboxylic acids is 2. The van der Waals surface area contributed by atoms with E-state index in [-0.39, 0.29) is 5.91 Å². The molecule has 4 N–H and O–H groups in total. The lowest BCUT2D eigenvalue weighted by Crippen LogP contribution is -2.52. The van der Waals surface area contributed by atoms with Gasteiger partial charge in [-0.1, -0.05) is 30.3 Å². The van der Waals surface area contributed by atoms with Crippen molar-refractivity contribution in [3.05, 3.63) is 42.2 Å².